The molecule has 0 aliphatic rings. The molecule has 0 fully saturated rings. The number of nitrogen functional groups attached to an aromatic ring is 2. The van der Waals surface area contributed by atoms with Gasteiger partial charge >= 0.3 is 0 Å². The average molecular weight is 532 g/mol. The van der Waals surface area contributed by atoms with Crippen LogP contribution in [0.3, 0.4) is 0 Å². The fourth-order valence-electron chi connectivity index (χ4n) is 3.14. The molecule has 1 amide bonds. The Bertz CT molecular complexity index is 1050. The van der Waals surface area contributed by atoms with Crippen molar-refractivity contribution in [2.75, 3.05) is 18.1 Å². The molecule has 0 bridgehead atoms. The van der Waals surface area contributed by atoms with E-state index in [1.807, 2.05) is 43.7 Å². The van der Waals surface area contributed by atoms with Gasteiger partial charge in [-0.05, 0) is 26.0 Å². The minimum atomic E-state index is -0.477. The van der Waals surface area contributed by atoms with E-state index < -0.39 is 5.91 Å². The molecule has 11 heteroatoms. The first-order chi connectivity index (χ1) is 13.4. The largest absolute Gasteiger partial charge is 1.00 e. The number of nitrogens with one attached hydrogen (secondary N) is 1. The molecule has 0 aliphatic carbocycles. The molecule has 9 nitrogen and oxygen atoms in total. The van der Waals surface area contributed by atoms with Gasteiger partial charge in [-0.2, -0.15) is 0 Å². The van der Waals surface area contributed by atoms with Gasteiger partial charge in [0.1, 0.15) is 12.3 Å². The van der Waals surface area contributed by atoms with Crippen LogP contribution in [-0.2, 0) is 20.1 Å². The Kier molecular flexibility index (Phi) is 7.47. The van der Waals surface area contributed by atoms with Gasteiger partial charge < -0.3 is 45.5 Å². The number of benzene rings is 1. The molecule has 0 spiro atoms. The van der Waals surface area contributed by atoms with Crippen molar-refractivity contribution in [2.24, 2.45) is 7.05 Å². The lowest BCUT2D eigenvalue weighted by Crippen LogP contribution is -3.00. The first-order valence-electron chi connectivity index (χ1n) is 8.87. The maximum atomic E-state index is 12.5. The molecule has 0 aliphatic heterocycles. The Morgan fingerprint density at radius 3 is 2.66 bits per heavy atom. The zero-order valence-electron chi connectivity index (χ0n) is 16.4. The van der Waals surface area contributed by atoms with Crippen molar-refractivity contribution in [3.05, 3.63) is 34.9 Å². The summed E-state index contributed by atoms with van der Waals surface area (Å²) < 4.78 is 9.75. The van der Waals surface area contributed by atoms with Crippen LogP contribution in [0.5, 0.6) is 5.75 Å². The maximum Gasteiger partial charge on any atom is 0.276 e. The van der Waals surface area contributed by atoms with E-state index in [0.29, 0.717) is 6.61 Å². The van der Waals surface area contributed by atoms with Crippen LogP contribution in [0.1, 0.15) is 30.2 Å². The Balaban J connectivity index is 0.00000300. The van der Waals surface area contributed by atoms with E-state index in [4.69, 9.17) is 27.8 Å². The highest BCUT2D eigenvalue weighted by Crippen LogP contribution is 2.21. The summed E-state index contributed by atoms with van der Waals surface area (Å²) in [6.07, 6.45) is 0. The van der Waals surface area contributed by atoms with E-state index in [-0.39, 0.29) is 53.0 Å². The fourth-order valence-corrected chi connectivity index (χ4v) is 3.26. The minimum absolute atomic E-state index is 0. The molecule has 2 aromatic heterocycles. The average Bonchev–Trinajstić information content (AvgIpc) is 2.93. The highest BCUT2D eigenvalue weighted by Gasteiger charge is 2.24. The van der Waals surface area contributed by atoms with Gasteiger partial charge in [0.05, 0.1) is 20.2 Å². The molecule has 5 N–H and O–H groups in total. The van der Waals surface area contributed by atoms with Gasteiger partial charge in [-0.15, -0.1) is 0 Å². The lowest BCUT2D eigenvalue weighted by molar-refractivity contribution is -0.654. The van der Waals surface area contributed by atoms with E-state index in [1.54, 1.807) is 0 Å². The zero-order chi connectivity index (χ0) is 20.4. The minimum Gasteiger partial charge on any atom is -1.00 e. The lowest BCUT2D eigenvalue weighted by atomic mass is 10.3. The third kappa shape index (κ3) is 4.47. The topological polar surface area (TPSA) is 125 Å². The molecule has 0 unspecified atom stereocenters. The van der Waals surface area contributed by atoms with Crippen LogP contribution in [0.25, 0.3) is 11.0 Å². The number of imidazole rings is 1. The normalized spacial score (nSPS) is 10.6. The molecule has 3 aromatic rings. The summed E-state index contributed by atoms with van der Waals surface area (Å²) in [4.78, 5) is 20.3. The SMILES string of the molecule is CCOc1ccc2c(c1)n(CC)c(CNC(=O)c1nc(Cl)c(N)nc1N)[n+]2C.[I-]. The van der Waals surface area contributed by atoms with E-state index in [0.717, 1.165) is 29.2 Å². The van der Waals surface area contributed by atoms with E-state index >= 15 is 0 Å². The summed E-state index contributed by atoms with van der Waals surface area (Å²) in [5.41, 5.74) is 13.3. The monoisotopic (exact) mass is 531 g/mol. The van der Waals surface area contributed by atoms with Crippen LogP contribution in [0, 0.1) is 0 Å². The number of amides is 1. The van der Waals surface area contributed by atoms with Crippen LogP contribution >= 0.6 is 11.6 Å². The van der Waals surface area contributed by atoms with Gasteiger partial charge in [-0.3, -0.25) is 4.79 Å². The predicted octanol–water partition coefficient (Wildman–Crippen LogP) is -1.57. The van der Waals surface area contributed by atoms with Crippen molar-refractivity contribution in [1.29, 1.82) is 0 Å². The van der Waals surface area contributed by atoms with Gasteiger partial charge in [0.2, 0.25) is 0 Å². The summed E-state index contributed by atoms with van der Waals surface area (Å²) in [6, 6.07) is 5.93. The van der Waals surface area contributed by atoms with E-state index in [1.165, 1.54) is 0 Å². The lowest BCUT2D eigenvalue weighted by Gasteiger charge is -2.07. The highest BCUT2D eigenvalue weighted by molar-refractivity contribution is 6.31. The quantitative estimate of drug-likeness (QED) is 0.261. The van der Waals surface area contributed by atoms with Crippen molar-refractivity contribution in [3.8, 4) is 5.75 Å². The van der Waals surface area contributed by atoms with Crippen LogP contribution in [0.4, 0.5) is 11.6 Å². The number of carbonyl (C=O) groups is 1. The number of hydrogen-bond acceptors (Lipinski definition) is 6. The zero-order valence-corrected chi connectivity index (χ0v) is 19.3. The van der Waals surface area contributed by atoms with Crippen molar-refractivity contribution in [1.82, 2.24) is 19.9 Å². The number of nitrogens with zero attached hydrogens (tertiary/aromatic N) is 4. The Labute approximate surface area is 190 Å². The molecule has 0 radical (unpaired) electrons. The fraction of sp³-hybridized carbons (Fsp3) is 0.333. The number of carbonyl (C=O) groups excluding carboxylic acids is 1. The Hall–Kier alpha value is -2.34. The van der Waals surface area contributed by atoms with Crippen LogP contribution < -0.4 is 50.1 Å². The standard InChI is InChI=1S/C18H22ClN7O2.HI/c1-4-26-12-8-10(28-5-2)6-7-11(12)25(3)13(26)9-22-18(27)14-16(20)24-17(21)15(19)23-14;/h6-8H,4-5,9H2,1-3H3,(H4-,20,21,22,24,27);1H. The maximum absolute atomic E-state index is 12.5. The number of aromatic nitrogens is 4. The van der Waals surface area contributed by atoms with Crippen LogP contribution in [0.15, 0.2) is 18.2 Å². The summed E-state index contributed by atoms with van der Waals surface area (Å²) in [5, 5.41) is 2.77. The number of ether oxygens (including phenoxy) is 1. The second-order valence-electron chi connectivity index (χ2n) is 6.12. The Morgan fingerprint density at radius 2 is 2.00 bits per heavy atom. The van der Waals surface area contributed by atoms with E-state index in [2.05, 4.69) is 19.9 Å². The summed E-state index contributed by atoms with van der Waals surface area (Å²) >= 11 is 5.86. The number of fused-ring (bicyclic) bond motifs is 1. The molecular weight excluding hydrogens is 509 g/mol. The van der Waals surface area contributed by atoms with Crippen molar-refractivity contribution >= 4 is 40.2 Å². The number of nitrogens with two attached hydrogens (primary N) is 2. The molecule has 2 heterocycles. The number of halogens is 2. The number of aryl methyl sites for hydroxylation is 2. The summed E-state index contributed by atoms with van der Waals surface area (Å²) in [7, 11) is 1.95. The van der Waals surface area contributed by atoms with Gasteiger partial charge in [-0.1, -0.05) is 11.6 Å². The molecule has 0 saturated carbocycles. The molecular formula is C18H23ClIN7O2. The Morgan fingerprint density at radius 1 is 1.28 bits per heavy atom. The summed E-state index contributed by atoms with van der Waals surface area (Å²) in [5.74, 6) is 1.15. The third-order valence-electron chi connectivity index (χ3n) is 4.45. The van der Waals surface area contributed by atoms with Crippen molar-refractivity contribution < 1.29 is 38.1 Å². The third-order valence-corrected chi connectivity index (χ3v) is 4.73. The number of rotatable bonds is 6. The van der Waals surface area contributed by atoms with Crippen LogP contribution in [-0.4, -0.2) is 27.0 Å². The number of anilines is 2. The van der Waals surface area contributed by atoms with Crippen molar-refractivity contribution in [2.45, 2.75) is 26.9 Å². The molecule has 1 aromatic carbocycles. The molecule has 0 atom stereocenters. The van der Waals surface area contributed by atoms with E-state index in [9.17, 15) is 4.79 Å². The van der Waals surface area contributed by atoms with Gasteiger partial charge in [0.15, 0.2) is 33.5 Å². The van der Waals surface area contributed by atoms with Gasteiger partial charge in [0, 0.05) is 6.07 Å². The van der Waals surface area contributed by atoms with Gasteiger partial charge in [-0.25, -0.2) is 19.1 Å². The number of hydrogen-bond donors (Lipinski definition) is 3. The molecule has 0 saturated heterocycles. The smallest absolute Gasteiger partial charge is 0.276 e. The predicted molar refractivity (Wildman–Crippen MR) is 107 cm³/mol. The second kappa shape index (κ2) is 9.44. The van der Waals surface area contributed by atoms with Crippen LogP contribution in [0.2, 0.25) is 5.15 Å². The first kappa shape index (κ1) is 22.9. The molecule has 3 rings (SSSR count). The summed E-state index contributed by atoms with van der Waals surface area (Å²) in [6.45, 7) is 5.59. The van der Waals surface area contributed by atoms with Gasteiger partial charge in [0.25, 0.3) is 11.7 Å². The van der Waals surface area contributed by atoms with Crippen molar-refractivity contribution in [3.63, 3.8) is 0 Å². The molecule has 156 valence electrons. The first-order valence-corrected chi connectivity index (χ1v) is 9.25. The second-order valence-corrected chi connectivity index (χ2v) is 6.48. The highest BCUT2D eigenvalue weighted by atomic mass is 127. The molecule has 29 heavy (non-hydrogen) atoms.